The van der Waals surface area contributed by atoms with Crippen LogP contribution in [0.5, 0.6) is 0 Å². The summed E-state index contributed by atoms with van der Waals surface area (Å²) in [6, 6.07) is 6.75. The van der Waals surface area contributed by atoms with E-state index in [4.69, 9.17) is 5.73 Å². The van der Waals surface area contributed by atoms with Crippen molar-refractivity contribution in [2.75, 3.05) is 0 Å². The smallest absolute Gasteiger partial charge is 0.159 e. The van der Waals surface area contributed by atoms with E-state index < -0.39 is 23.5 Å². The van der Waals surface area contributed by atoms with Gasteiger partial charge in [-0.05, 0) is 35.9 Å². The predicted octanol–water partition coefficient (Wildman–Crippen LogP) is 3.91. The van der Waals surface area contributed by atoms with E-state index >= 15 is 0 Å². The van der Waals surface area contributed by atoms with Crippen LogP contribution in [0.25, 0.3) is 0 Å². The van der Waals surface area contributed by atoms with Gasteiger partial charge in [-0.1, -0.05) is 22.0 Å². The summed E-state index contributed by atoms with van der Waals surface area (Å²) in [5, 5.41) is 0. The molecular formula is C13H9BrF3N. The van der Waals surface area contributed by atoms with Crippen LogP contribution < -0.4 is 5.73 Å². The highest BCUT2D eigenvalue weighted by Crippen LogP contribution is 2.26. The lowest BCUT2D eigenvalue weighted by Crippen LogP contribution is -2.14. The Bertz CT molecular complexity index is 586. The topological polar surface area (TPSA) is 26.0 Å². The summed E-state index contributed by atoms with van der Waals surface area (Å²) in [7, 11) is 0. The van der Waals surface area contributed by atoms with Crippen LogP contribution in [0.1, 0.15) is 17.2 Å². The molecule has 1 atom stereocenters. The number of nitrogens with two attached hydrogens (primary N) is 1. The van der Waals surface area contributed by atoms with Gasteiger partial charge in [0, 0.05) is 10.0 Å². The largest absolute Gasteiger partial charge is 0.320 e. The summed E-state index contributed by atoms with van der Waals surface area (Å²) in [6.45, 7) is 0. The minimum Gasteiger partial charge on any atom is -0.320 e. The normalized spacial score (nSPS) is 12.5. The highest BCUT2D eigenvalue weighted by molar-refractivity contribution is 9.10. The molecule has 0 aliphatic carbocycles. The molecule has 0 saturated carbocycles. The average molecular weight is 316 g/mol. The third-order valence-corrected chi connectivity index (χ3v) is 3.09. The van der Waals surface area contributed by atoms with Gasteiger partial charge in [-0.15, -0.1) is 0 Å². The fourth-order valence-electron chi connectivity index (χ4n) is 1.64. The molecule has 2 aromatic rings. The van der Waals surface area contributed by atoms with Crippen molar-refractivity contribution < 1.29 is 13.2 Å². The van der Waals surface area contributed by atoms with Gasteiger partial charge >= 0.3 is 0 Å². The molecule has 0 bridgehead atoms. The Balaban J connectivity index is 2.44. The first-order valence-electron chi connectivity index (χ1n) is 5.14. The number of hydrogen-bond acceptors (Lipinski definition) is 1. The monoisotopic (exact) mass is 315 g/mol. The summed E-state index contributed by atoms with van der Waals surface area (Å²) >= 11 is 3.21. The summed E-state index contributed by atoms with van der Waals surface area (Å²) in [5.41, 5.74) is 6.38. The van der Waals surface area contributed by atoms with Gasteiger partial charge in [-0.2, -0.15) is 0 Å². The van der Waals surface area contributed by atoms with E-state index in [1.165, 1.54) is 24.3 Å². The molecule has 2 aromatic carbocycles. The van der Waals surface area contributed by atoms with E-state index in [1.54, 1.807) is 0 Å². The third-order valence-electron chi connectivity index (χ3n) is 2.60. The summed E-state index contributed by atoms with van der Waals surface area (Å²) in [6.07, 6.45) is 0. The van der Waals surface area contributed by atoms with Crippen molar-refractivity contribution in [1.82, 2.24) is 0 Å². The predicted molar refractivity (Wildman–Crippen MR) is 66.5 cm³/mol. The van der Waals surface area contributed by atoms with Crippen molar-refractivity contribution in [3.05, 3.63) is 69.4 Å². The maximum Gasteiger partial charge on any atom is 0.159 e. The fourth-order valence-corrected chi connectivity index (χ4v) is 2.02. The van der Waals surface area contributed by atoms with Gasteiger partial charge in [0.2, 0.25) is 0 Å². The average Bonchev–Trinajstić information content (AvgIpc) is 2.35. The number of rotatable bonds is 2. The number of benzene rings is 2. The van der Waals surface area contributed by atoms with Crippen molar-refractivity contribution in [2.45, 2.75) is 6.04 Å². The lowest BCUT2D eigenvalue weighted by Gasteiger charge is -2.14. The zero-order valence-corrected chi connectivity index (χ0v) is 10.7. The molecule has 0 fully saturated rings. The molecule has 0 aliphatic heterocycles. The Kier molecular flexibility index (Phi) is 3.73. The molecule has 2 N–H and O–H groups in total. The molecule has 94 valence electrons. The Morgan fingerprint density at radius 2 is 1.56 bits per heavy atom. The first kappa shape index (κ1) is 13.1. The van der Waals surface area contributed by atoms with E-state index in [9.17, 15) is 13.2 Å². The van der Waals surface area contributed by atoms with E-state index in [0.717, 1.165) is 12.1 Å². The second-order valence-electron chi connectivity index (χ2n) is 3.82. The van der Waals surface area contributed by atoms with Crippen LogP contribution in [-0.2, 0) is 0 Å². The number of halogens is 4. The summed E-state index contributed by atoms with van der Waals surface area (Å²) < 4.78 is 40.2. The minimum atomic E-state index is -1.00. The molecule has 0 radical (unpaired) electrons. The van der Waals surface area contributed by atoms with Gasteiger partial charge in [0.15, 0.2) is 11.6 Å². The lowest BCUT2D eigenvalue weighted by molar-refractivity contribution is 0.506. The molecule has 0 aliphatic rings. The van der Waals surface area contributed by atoms with Crippen molar-refractivity contribution in [3.8, 4) is 0 Å². The molecule has 0 aromatic heterocycles. The third kappa shape index (κ3) is 2.57. The lowest BCUT2D eigenvalue weighted by atomic mass is 9.99. The first-order chi connectivity index (χ1) is 8.49. The minimum absolute atomic E-state index is 0.218. The van der Waals surface area contributed by atoms with E-state index in [0.29, 0.717) is 10.0 Å². The van der Waals surface area contributed by atoms with E-state index in [2.05, 4.69) is 15.9 Å². The van der Waals surface area contributed by atoms with Gasteiger partial charge in [-0.25, -0.2) is 13.2 Å². The Morgan fingerprint density at radius 3 is 2.22 bits per heavy atom. The second-order valence-corrected chi connectivity index (χ2v) is 4.73. The van der Waals surface area contributed by atoms with Crippen LogP contribution in [-0.4, -0.2) is 0 Å². The van der Waals surface area contributed by atoms with Crippen LogP contribution in [0.2, 0.25) is 0 Å². The molecule has 2 rings (SSSR count). The Morgan fingerprint density at radius 1 is 0.889 bits per heavy atom. The van der Waals surface area contributed by atoms with Gasteiger partial charge < -0.3 is 5.73 Å². The maximum absolute atomic E-state index is 13.6. The highest BCUT2D eigenvalue weighted by Gasteiger charge is 2.15. The van der Waals surface area contributed by atoms with Gasteiger partial charge in [0.1, 0.15) is 5.82 Å². The van der Waals surface area contributed by atoms with Crippen molar-refractivity contribution in [1.29, 1.82) is 0 Å². The zero-order valence-electron chi connectivity index (χ0n) is 9.13. The molecule has 0 saturated heterocycles. The Hall–Kier alpha value is -1.33. The molecule has 18 heavy (non-hydrogen) atoms. The standard InChI is InChI=1S/C13H9BrF3N/c14-8-2-4-10(15)9(6-8)13(18)7-1-3-11(16)12(17)5-7/h1-6,13H,18H2. The fraction of sp³-hybridized carbons (Fsp3) is 0.0769. The maximum atomic E-state index is 13.6. The van der Waals surface area contributed by atoms with E-state index in [1.807, 2.05) is 0 Å². The van der Waals surface area contributed by atoms with Gasteiger partial charge in [0.25, 0.3) is 0 Å². The molecule has 0 amide bonds. The molecule has 1 nitrogen and oxygen atoms in total. The van der Waals surface area contributed by atoms with Crippen molar-refractivity contribution >= 4 is 15.9 Å². The van der Waals surface area contributed by atoms with Crippen molar-refractivity contribution in [3.63, 3.8) is 0 Å². The van der Waals surface area contributed by atoms with Crippen molar-refractivity contribution in [2.24, 2.45) is 5.73 Å². The quantitative estimate of drug-likeness (QED) is 0.893. The summed E-state index contributed by atoms with van der Waals surface area (Å²) in [5.74, 6) is -2.45. The van der Waals surface area contributed by atoms with E-state index in [-0.39, 0.29) is 5.56 Å². The molecule has 1 unspecified atom stereocenters. The van der Waals surface area contributed by atoms with Gasteiger partial charge in [0.05, 0.1) is 6.04 Å². The number of hydrogen-bond donors (Lipinski definition) is 1. The Labute approximate surface area is 111 Å². The van der Waals surface area contributed by atoms with Crippen LogP contribution in [0.4, 0.5) is 13.2 Å². The SMILES string of the molecule is NC(c1ccc(F)c(F)c1)c1cc(Br)ccc1F. The molecule has 0 spiro atoms. The van der Waals surface area contributed by atoms with Crippen LogP contribution in [0, 0.1) is 17.5 Å². The summed E-state index contributed by atoms with van der Waals surface area (Å²) in [4.78, 5) is 0. The van der Waals surface area contributed by atoms with Crippen LogP contribution >= 0.6 is 15.9 Å². The van der Waals surface area contributed by atoms with Crippen LogP contribution in [0.15, 0.2) is 40.9 Å². The zero-order chi connectivity index (χ0) is 13.3. The molecule has 5 heteroatoms. The highest BCUT2D eigenvalue weighted by atomic mass is 79.9. The van der Waals surface area contributed by atoms with Gasteiger partial charge in [-0.3, -0.25) is 0 Å². The molecule has 0 heterocycles. The second kappa shape index (κ2) is 5.12. The molecular weight excluding hydrogens is 307 g/mol. The van der Waals surface area contributed by atoms with Crippen LogP contribution in [0.3, 0.4) is 0 Å². The first-order valence-corrected chi connectivity index (χ1v) is 5.94.